The van der Waals surface area contributed by atoms with Crippen LogP contribution in [0.1, 0.15) is 38.3 Å². The standard InChI is InChI=1S/C23H28ClN3O4S/c1-4-21(28)27-12-11-17-13-19(9-10-20(17)27)32(30,31)26-22(15(2)3)23(29)25-14-16-5-7-18(24)8-6-16/h5-10,13,15,22,26H,4,11-12,14H2,1-3H3,(H,25,29)/t22-/m1/s1. The SMILES string of the molecule is CCC(=O)N1CCc2cc(S(=O)(=O)N[C@@H](C(=O)NCc3ccc(Cl)cc3)C(C)C)ccc21. The van der Waals surface area contributed by atoms with E-state index in [2.05, 4.69) is 10.0 Å². The molecular formula is C23H28ClN3O4S. The molecule has 0 unspecified atom stereocenters. The van der Waals surface area contributed by atoms with Crippen LogP contribution in [-0.4, -0.2) is 32.8 Å². The summed E-state index contributed by atoms with van der Waals surface area (Å²) in [6, 6.07) is 10.9. The van der Waals surface area contributed by atoms with Crippen LogP contribution in [-0.2, 0) is 32.6 Å². The maximum atomic E-state index is 13.0. The van der Waals surface area contributed by atoms with Gasteiger partial charge in [0, 0.05) is 30.2 Å². The molecule has 0 fully saturated rings. The van der Waals surface area contributed by atoms with Crippen LogP contribution < -0.4 is 14.9 Å². The van der Waals surface area contributed by atoms with Gasteiger partial charge in [-0.2, -0.15) is 4.72 Å². The summed E-state index contributed by atoms with van der Waals surface area (Å²) in [5.41, 5.74) is 2.41. The number of rotatable bonds is 8. The van der Waals surface area contributed by atoms with Crippen LogP contribution >= 0.6 is 11.6 Å². The van der Waals surface area contributed by atoms with Gasteiger partial charge in [-0.25, -0.2) is 8.42 Å². The number of anilines is 1. The van der Waals surface area contributed by atoms with Gasteiger partial charge in [0.2, 0.25) is 21.8 Å². The third-order valence-electron chi connectivity index (χ3n) is 5.47. The van der Waals surface area contributed by atoms with Crippen LogP contribution in [0, 0.1) is 5.92 Å². The Bertz CT molecular complexity index is 1100. The summed E-state index contributed by atoms with van der Waals surface area (Å²) >= 11 is 5.88. The molecule has 1 aliphatic rings. The van der Waals surface area contributed by atoms with Gasteiger partial charge in [-0.1, -0.05) is 44.5 Å². The molecule has 7 nitrogen and oxygen atoms in total. The summed E-state index contributed by atoms with van der Waals surface area (Å²) < 4.78 is 28.6. The Kier molecular flexibility index (Phi) is 7.59. The molecule has 2 aromatic rings. The Balaban J connectivity index is 1.73. The summed E-state index contributed by atoms with van der Waals surface area (Å²) in [6.45, 7) is 6.17. The molecule has 1 heterocycles. The lowest BCUT2D eigenvalue weighted by Gasteiger charge is -2.22. The van der Waals surface area contributed by atoms with E-state index in [1.165, 1.54) is 6.07 Å². The number of amides is 2. The molecule has 172 valence electrons. The first kappa shape index (κ1) is 24.2. The van der Waals surface area contributed by atoms with Crippen molar-refractivity contribution in [3.05, 3.63) is 58.6 Å². The molecule has 2 aromatic carbocycles. The zero-order chi connectivity index (χ0) is 23.5. The van der Waals surface area contributed by atoms with Crippen LogP contribution in [0.15, 0.2) is 47.4 Å². The average molecular weight is 478 g/mol. The van der Waals surface area contributed by atoms with Crippen molar-refractivity contribution >= 4 is 39.1 Å². The van der Waals surface area contributed by atoms with E-state index in [-0.39, 0.29) is 23.3 Å². The molecule has 0 radical (unpaired) electrons. The molecule has 0 saturated heterocycles. The molecular weight excluding hydrogens is 450 g/mol. The Morgan fingerprint density at radius 1 is 1.12 bits per heavy atom. The zero-order valence-electron chi connectivity index (χ0n) is 18.4. The van der Waals surface area contributed by atoms with Gasteiger partial charge in [0.1, 0.15) is 6.04 Å². The minimum atomic E-state index is -3.93. The largest absolute Gasteiger partial charge is 0.351 e. The second kappa shape index (κ2) is 10.0. The van der Waals surface area contributed by atoms with Crippen molar-refractivity contribution in [3.8, 4) is 0 Å². The molecule has 32 heavy (non-hydrogen) atoms. The van der Waals surface area contributed by atoms with E-state index >= 15 is 0 Å². The Labute approximate surface area is 194 Å². The summed E-state index contributed by atoms with van der Waals surface area (Å²) in [7, 11) is -3.93. The van der Waals surface area contributed by atoms with Gasteiger partial charge < -0.3 is 10.2 Å². The highest BCUT2D eigenvalue weighted by Crippen LogP contribution is 2.30. The molecule has 0 bridgehead atoms. The van der Waals surface area contributed by atoms with Crippen molar-refractivity contribution in [3.63, 3.8) is 0 Å². The van der Waals surface area contributed by atoms with Crippen LogP contribution in [0.25, 0.3) is 0 Å². The number of benzene rings is 2. The first-order chi connectivity index (χ1) is 15.1. The predicted molar refractivity (Wildman–Crippen MR) is 125 cm³/mol. The van der Waals surface area contributed by atoms with Crippen LogP contribution in [0.4, 0.5) is 5.69 Å². The van der Waals surface area contributed by atoms with Gasteiger partial charge in [0.05, 0.1) is 4.90 Å². The highest BCUT2D eigenvalue weighted by atomic mass is 35.5. The number of carbonyl (C=O) groups is 2. The molecule has 2 N–H and O–H groups in total. The molecule has 0 spiro atoms. The molecule has 1 aliphatic heterocycles. The molecule has 2 amide bonds. The first-order valence-electron chi connectivity index (χ1n) is 10.6. The number of nitrogens with one attached hydrogen (secondary N) is 2. The Morgan fingerprint density at radius 2 is 1.81 bits per heavy atom. The first-order valence-corrected chi connectivity index (χ1v) is 12.5. The number of hydrogen-bond acceptors (Lipinski definition) is 4. The summed E-state index contributed by atoms with van der Waals surface area (Å²) in [6.07, 6.45) is 0.988. The smallest absolute Gasteiger partial charge is 0.241 e. The minimum absolute atomic E-state index is 0.00899. The van der Waals surface area contributed by atoms with Gasteiger partial charge in [-0.3, -0.25) is 9.59 Å². The third-order valence-corrected chi connectivity index (χ3v) is 7.16. The highest BCUT2D eigenvalue weighted by molar-refractivity contribution is 7.89. The fourth-order valence-corrected chi connectivity index (χ4v) is 5.14. The quantitative estimate of drug-likeness (QED) is 0.610. The topological polar surface area (TPSA) is 95.6 Å². The number of halogens is 1. The van der Waals surface area contributed by atoms with Gasteiger partial charge >= 0.3 is 0 Å². The maximum Gasteiger partial charge on any atom is 0.241 e. The third kappa shape index (κ3) is 5.49. The molecule has 0 aromatic heterocycles. The Hall–Kier alpha value is -2.42. The maximum absolute atomic E-state index is 13.0. The highest BCUT2D eigenvalue weighted by Gasteiger charge is 2.30. The predicted octanol–water partition coefficient (Wildman–Crippen LogP) is 3.26. The van der Waals surface area contributed by atoms with E-state index in [1.54, 1.807) is 62.1 Å². The average Bonchev–Trinajstić information content (AvgIpc) is 3.19. The summed E-state index contributed by atoms with van der Waals surface area (Å²) in [5.74, 6) is -0.656. The Morgan fingerprint density at radius 3 is 2.44 bits per heavy atom. The normalized spacial score (nSPS) is 14.3. The van der Waals surface area contributed by atoms with E-state index in [9.17, 15) is 18.0 Å². The van der Waals surface area contributed by atoms with E-state index in [0.29, 0.717) is 24.4 Å². The fourth-order valence-electron chi connectivity index (χ4n) is 3.62. The lowest BCUT2D eigenvalue weighted by molar-refractivity contribution is -0.123. The number of carbonyl (C=O) groups excluding carboxylic acids is 2. The lowest BCUT2D eigenvalue weighted by atomic mass is 10.0. The summed E-state index contributed by atoms with van der Waals surface area (Å²) in [5, 5.41) is 3.39. The van der Waals surface area contributed by atoms with Crippen molar-refractivity contribution in [2.24, 2.45) is 5.92 Å². The second-order valence-corrected chi connectivity index (χ2v) is 10.3. The fraction of sp³-hybridized carbons (Fsp3) is 0.391. The van der Waals surface area contributed by atoms with Gasteiger partial charge in [-0.05, 0) is 53.8 Å². The number of sulfonamides is 1. The number of hydrogen-bond donors (Lipinski definition) is 2. The number of nitrogens with zero attached hydrogens (tertiary/aromatic N) is 1. The monoisotopic (exact) mass is 477 g/mol. The van der Waals surface area contributed by atoms with Gasteiger partial charge in [-0.15, -0.1) is 0 Å². The van der Waals surface area contributed by atoms with Crippen molar-refractivity contribution in [1.82, 2.24) is 10.0 Å². The molecule has 0 aliphatic carbocycles. The van der Waals surface area contributed by atoms with E-state index in [4.69, 9.17) is 11.6 Å². The van der Waals surface area contributed by atoms with Gasteiger partial charge in [0.25, 0.3) is 0 Å². The molecule has 1 atom stereocenters. The van der Waals surface area contributed by atoms with Crippen LogP contribution in [0.3, 0.4) is 0 Å². The molecule has 3 rings (SSSR count). The summed E-state index contributed by atoms with van der Waals surface area (Å²) in [4.78, 5) is 26.6. The van der Waals surface area contributed by atoms with Crippen molar-refractivity contribution in [2.75, 3.05) is 11.4 Å². The second-order valence-electron chi connectivity index (χ2n) is 8.13. The van der Waals surface area contributed by atoms with E-state index < -0.39 is 22.0 Å². The lowest BCUT2D eigenvalue weighted by Crippen LogP contribution is -2.49. The van der Waals surface area contributed by atoms with Crippen LogP contribution in [0.5, 0.6) is 0 Å². The van der Waals surface area contributed by atoms with Crippen LogP contribution in [0.2, 0.25) is 5.02 Å². The van der Waals surface area contributed by atoms with Gasteiger partial charge in [0.15, 0.2) is 0 Å². The van der Waals surface area contributed by atoms with Crippen molar-refractivity contribution < 1.29 is 18.0 Å². The minimum Gasteiger partial charge on any atom is -0.351 e. The molecule has 9 heteroatoms. The zero-order valence-corrected chi connectivity index (χ0v) is 20.0. The van der Waals surface area contributed by atoms with E-state index in [1.807, 2.05) is 0 Å². The van der Waals surface area contributed by atoms with E-state index in [0.717, 1.165) is 16.8 Å². The molecule has 0 saturated carbocycles. The van der Waals surface area contributed by atoms with Crippen molar-refractivity contribution in [1.29, 1.82) is 0 Å². The van der Waals surface area contributed by atoms with Crippen molar-refractivity contribution in [2.45, 2.75) is 51.1 Å². The number of fused-ring (bicyclic) bond motifs is 1.